The number of alkyl halides is 3. The van der Waals surface area contributed by atoms with E-state index in [-0.39, 0.29) is 5.69 Å². The summed E-state index contributed by atoms with van der Waals surface area (Å²) < 4.78 is 49.4. The average Bonchev–Trinajstić information content (AvgIpc) is 3.00. The predicted molar refractivity (Wildman–Crippen MR) is 87.8 cm³/mol. The summed E-state index contributed by atoms with van der Waals surface area (Å²) in [6.07, 6.45) is -3.88. The molecule has 10 heteroatoms. The molecule has 0 aliphatic carbocycles. The molecule has 0 saturated carbocycles. The molecule has 1 N–H and O–H groups in total. The summed E-state index contributed by atoms with van der Waals surface area (Å²) >= 11 is 1.21. The van der Waals surface area contributed by atoms with E-state index in [0.717, 1.165) is 16.8 Å². The van der Waals surface area contributed by atoms with Gasteiger partial charge in [0.1, 0.15) is 18.9 Å². The van der Waals surface area contributed by atoms with Crippen molar-refractivity contribution in [2.45, 2.75) is 6.18 Å². The van der Waals surface area contributed by atoms with E-state index < -0.39 is 17.6 Å². The van der Waals surface area contributed by atoms with Crippen LogP contribution in [-0.4, -0.2) is 29.1 Å². The number of halogens is 3. The van der Waals surface area contributed by atoms with Crippen LogP contribution in [0, 0.1) is 0 Å². The van der Waals surface area contributed by atoms with Gasteiger partial charge >= 0.3 is 6.18 Å². The third-order valence-electron chi connectivity index (χ3n) is 3.60. The lowest BCUT2D eigenvalue weighted by molar-refractivity contribution is -0.137. The molecule has 0 unspecified atom stereocenters. The minimum absolute atomic E-state index is 0.136. The maximum atomic E-state index is 12.5. The highest BCUT2D eigenvalue weighted by Crippen LogP contribution is 2.38. The van der Waals surface area contributed by atoms with E-state index in [1.165, 1.54) is 11.3 Å². The van der Waals surface area contributed by atoms with Gasteiger partial charge in [-0.15, -0.1) is 0 Å². The summed E-state index contributed by atoms with van der Waals surface area (Å²) in [5.41, 5.74) is -0.433. The Morgan fingerprint density at radius 1 is 1.15 bits per heavy atom. The highest BCUT2D eigenvalue weighted by Gasteiger charge is 2.31. The highest BCUT2D eigenvalue weighted by atomic mass is 32.1. The second kappa shape index (κ2) is 6.13. The number of carbonyl (C=O) groups is 1. The standard InChI is InChI=1S/C16H10F3N3O3S/c17-16(18,19)8-1-2-9(20-7-8)14(23)22-15-21-10-5-11-12(6-13(10)26-15)25-4-3-24-11/h1-2,5-7H,3-4H2,(H,21,22,23). The van der Waals surface area contributed by atoms with E-state index in [2.05, 4.69) is 15.3 Å². The molecule has 1 aliphatic rings. The fourth-order valence-electron chi connectivity index (χ4n) is 2.38. The second-order valence-corrected chi connectivity index (χ2v) is 6.40. The molecule has 134 valence electrons. The molecule has 0 atom stereocenters. The minimum Gasteiger partial charge on any atom is -0.486 e. The number of aromatic nitrogens is 2. The van der Waals surface area contributed by atoms with Gasteiger partial charge in [-0.1, -0.05) is 11.3 Å². The highest BCUT2D eigenvalue weighted by molar-refractivity contribution is 7.22. The Balaban J connectivity index is 1.55. The first kappa shape index (κ1) is 16.6. The van der Waals surface area contributed by atoms with Crippen molar-refractivity contribution in [3.05, 3.63) is 41.7 Å². The fraction of sp³-hybridized carbons (Fsp3) is 0.188. The number of hydrogen-bond donors (Lipinski definition) is 1. The molecule has 0 spiro atoms. The third-order valence-corrected chi connectivity index (χ3v) is 4.53. The Kier molecular flexibility index (Phi) is 3.91. The van der Waals surface area contributed by atoms with E-state index in [1.54, 1.807) is 12.1 Å². The molecule has 4 rings (SSSR count). The Bertz CT molecular complexity index is 943. The zero-order valence-corrected chi connectivity index (χ0v) is 13.8. The monoisotopic (exact) mass is 381 g/mol. The summed E-state index contributed by atoms with van der Waals surface area (Å²) in [7, 11) is 0. The third kappa shape index (κ3) is 3.15. The zero-order chi connectivity index (χ0) is 18.3. The topological polar surface area (TPSA) is 73.3 Å². The number of nitrogens with one attached hydrogen (secondary N) is 1. The van der Waals surface area contributed by atoms with E-state index in [9.17, 15) is 18.0 Å². The van der Waals surface area contributed by atoms with Gasteiger partial charge < -0.3 is 9.47 Å². The van der Waals surface area contributed by atoms with Gasteiger partial charge in [0.15, 0.2) is 16.6 Å². The van der Waals surface area contributed by atoms with Gasteiger partial charge in [-0.25, -0.2) is 4.98 Å². The van der Waals surface area contributed by atoms with Crippen LogP contribution in [0.4, 0.5) is 18.3 Å². The number of carbonyl (C=O) groups excluding carboxylic acids is 1. The van der Waals surface area contributed by atoms with Crippen molar-refractivity contribution in [2.75, 3.05) is 18.5 Å². The van der Waals surface area contributed by atoms with Crippen LogP contribution < -0.4 is 14.8 Å². The number of thiazole rings is 1. The molecule has 1 aromatic carbocycles. The molecule has 3 aromatic rings. The number of rotatable bonds is 2. The summed E-state index contributed by atoms with van der Waals surface area (Å²) in [4.78, 5) is 20.0. The molecule has 0 saturated heterocycles. The first-order valence-corrected chi connectivity index (χ1v) is 8.26. The van der Waals surface area contributed by atoms with Crippen molar-refractivity contribution in [3.8, 4) is 11.5 Å². The average molecular weight is 381 g/mol. The number of anilines is 1. The van der Waals surface area contributed by atoms with Crippen LogP contribution in [0.5, 0.6) is 11.5 Å². The lowest BCUT2D eigenvalue weighted by Gasteiger charge is -2.17. The van der Waals surface area contributed by atoms with Gasteiger partial charge in [-0.3, -0.25) is 15.1 Å². The van der Waals surface area contributed by atoms with Crippen LogP contribution in [0.3, 0.4) is 0 Å². The first-order valence-electron chi connectivity index (χ1n) is 7.45. The lowest BCUT2D eigenvalue weighted by Crippen LogP contribution is -2.15. The maximum absolute atomic E-state index is 12.5. The lowest BCUT2D eigenvalue weighted by atomic mass is 10.2. The minimum atomic E-state index is -4.50. The van der Waals surface area contributed by atoms with Gasteiger partial charge in [0.05, 0.1) is 15.8 Å². The molecule has 0 radical (unpaired) electrons. The van der Waals surface area contributed by atoms with E-state index >= 15 is 0 Å². The molecular formula is C16H10F3N3O3S. The summed E-state index contributed by atoms with van der Waals surface area (Å²) in [5, 5.41) is 2.84. The molecule has 0 bridgehead atoms. The van der Waals surface area contributed by atoms with Crippen LogP contribution in [0.15, 0.2) is 30.5 Å². The Morgan fingerprint density at radius 2 is 1.88 bits per heavy atom. The van der Waals surface area contributed by atoms with Crippen molar-refractivity contribution in [2.24, 2.45) is 0 Å². The summed E-state index contributed by atoms with van der Waals surface area (Å²) in [6, 6.07) is 5.31. The molecule has 1 aliphatic heterocycles. The van der Waals surface area contributed by atoms with Crippen molar-refractivity contribution in [1.82, 2.24) is 9.97 Å². The molecule has 3 heterocycles. The number of hydrogen-bond acceptors (Lipinski definition) is 6. The summed E-state index contributed by atoms with van der Waals surface area (Å²) in [6.45, 7) is 0.909. The Morgan fingerprint density at radius 3 is 2.54 bits per heavy atom. The second-order valence-electron chi connectivity index (χ2n) is 5.37. The molecule has 1 amide bonds. The van der Waals surface area contributed by atoms with Gasteiger partial charge in [-0.2, -0.15) is 13.2 Å². The SMILES string of the molecule is O=C(Nc1nc2cc3c(cc2s1)OCCO3)c1ccc(C(F)(F)F)cn1. The van der Waals surface area contributed by atoms with Gasteiger partial charge in [-0.05, 0) is 12.1 Å². The molecule has 0 fully saturated rings. The molecular weight excluding hydrogens is 371 g/mol. The van der Waals surface area contributed by atoms with Crippen LogP contribution in [0.25, 0.3) is 10.2 Å². The largest absolute Gasteiger partial charge is 0.486 e. The normalized spacial score (nSPS) is 13.7. The van der Waals surface area contributed by atoms with Gasteiger partial charge in [0.25, 0.3) is 5.91 Å². The van der Waals surface area contributed by atoms with Gasteiger partial charge in [0, 0.05) is 18.3 Å². The number of ether oxygens (including phenoxy) is 2. The predicted octanol–water partition coefficient (Wildman–Crippen LogP) is 3.73. The van der Waals surface area contributed by atoms with Crippen molar-refractivity contribution >= 4 is 32.6 Å². The molecule has 6 nitrogen and oxygen atoms in total. The van der Waals surface area contributed by atoms with E-state index in [0.29, 0.717) is 41.6 Å². The van der Waals surface area contributed by atoms with E-state index in [1.807, 2.05) is 0 Å². The van der Waals surface area contributed by atoms with E-state index in [4.69, 9.17) is 9.47 Å². The van der Waals surface area contributed by atoms with Crippen LogP contribution in [-0.2, 0) is 6.18 Å². The molecule has 2 aromatic heterocycles. The fourth-order valence-corrected chi connectivity index (χ4v) is 3.25. The maximum Gasteiger partial charge on any atom is 0.417 e. The van der Waals surface area contributed by atoms with Crippen LogP contribution in [0.1, 0.15) is 16.1 Å². The van der Waals surface area contributed by atoms with Crippen LogP contribution >= 0.6 is 11.3 Å². The molecule has 26 heavy (non-hydrogen) atoms. The number of amides is 1. The van der Waals surface area contributed by atoms with Crippen molar-refractivity contribution < 1.29 is 27.4 Å². The number of fused-ring (bicyclic) bond motifs is 2. The first-order chi connectivity index (χ1) is 12.4. The van der Waals surface area contributed by atoms with Crippen molar-refractivity contribution in [3.63, 3.8) is 0 Å². The smallest absolute Gasteiger partial charge is 0.417 e. The Labute approximate surface area is 148 Å². The summed E-state index contributed by atoms with van der Waals surface area (Å²) in [5.74, 6) is 0.543. The zero-order valence-electron chi connectivity index (χ0n) is 13.0. The number of pyridine rings is 1. The number of benzene rings is 1. The van der Waals surface area contributed by atoms with Crippen LogP contribution in [0.2, 0.25) is 0 Å². The Hall–Kier alpha value is -2.88. The van der Waals surface area contributed by atoms with Gasteiger partial charge in [0.2, 0.25) is 0 Å². The van der Waals surface area contributed by atoms with Crippen molar-refractivity contribution in [1.29, 1.82) is 0 Å². The number of nitrogens with zero attached hydrogens (tertiary/aromatic N) is 2. The quantitative estimate of drug-likeness (QED) is 0.732.